The fourth-order valence-corrected chi connectivity index (χ4v) is 1.69. The van der Waals surface area contributed by atoms with Crippen molar-refractivity contribution in [3.05, 3.63) is 0 Å². The maximum Gasteiger partial charge on any atom is 0.239 e. The Balaban J connectivity index is 2.47. The molecule has 1 heterocycles. The Morgan fingerprint density at radius 2 is 2.07 bits per heavy atom. The van der Waals surface area contributed by atoms with Gasteiger partial charge in [-0.1, -0.05) is 6.92 Å². The number of carbonyl (C=O) groups is 1. The lowest BCUT2D eigenvalue weighted by Gasteiger charge is -2.38. The predicted molar refractivity (Wildman–Crippen MR) is 53.5 cm³/mol. The summed E-state index contributed by atoms with van der Waals surface area (Å²) in [5, 5.41) is 0. The zero-order valence-electron chi connectivity index (χ0n) is 8.92. The number of hydrogen-bond acceptors (Lipinski definition) is 2. The summed E-state index contributed by atoms with van der Waals surface area (Å²) >= 11 is 0. The van der Waals surface area contributed by atoms with E-state index in [0.29, 0.717) is 13.1 Å². The van der Waals surface area contributed by atoms with E-state index >= 15 is 0 Å². The second kappa shape index (κ2) is 4.26. The third kappa shape index (κ3) is 2.44. The van der Waals surface area contributed by atoms with Gasteiger partial charge in [-0.05, 0) is 25.2 Å². The topological polar surface area (TPSA) is 46.3 Å². The molecule has 0 aromatic rings. The van der Waals surface area contributed by atoms with E-state index in [4.69, 9.17) is 5.73 Å². The maximum atomic E-state index is 12.6. The second-order valence-electron chi connectivity index (χ2n) is 4.56. The van der Waals surface area contributed by atoms with E-state index in [1.807, 2.05) is 6.92 Å². The summed E-state index contributed by atoms with van der Waals surface area (Å²) < 4.78 is 12.6. The van der Waals surface area contributed by atoms with Gasteiger partial charge in [0, 0.05) is 13.1 Å². The highest BCUT2D eigenvalue weighted by atomic mass is 19.1. The van der Waals surface area contributed by atoms with Gasteiger partial charge in [-0.3, -0.25) is 9.18 Å². The van der Waals surface area contributed by atoms with Gasteiger partial charge in [0.2, 0.25) is 5.91 Å². The summed E-state index contributed by atoms with van der Waals surface area (Å²) in [7, 11) is 0. The van der Waals surface area contributed by atoms with Gasteiger partial charge in [0.15, 0.2) is 0 Å². The van der Waals surface area contributed by atoms with Crippen LogP contribution in [0, 0.1) is 5.41 Å². The van der Waals surface area contributed by atoms with Crippen LogP contribution in [0.2, 0.25) is 0 Å². The number of amides is 1. The first-order valence-corrected chi connectivity index (χ1v) is 5.09. The molecule has 3 nitrogen and oxygen atoms in total. The van der Waals surface area contributed by atoms with Crippen LogP contribution in [0.25, 0.3) is 0 Å². The van der Waals surface area contributed by atoms with Gasteiger partial charge in [-0.2, -0.15) is 0 Å². The molecule has 0 aliphatic carbocycles. The number of piperidine rings is 1. The minimum absolute atomic E-state index is 0.0223. The van der Waals surface area contributed by atoms with Crippen LogP contribution in [-0.2, 0) is 4.79 Å². The Bertz CT molecular complexity index is 210. The number of alkyl halides is 1. The zero-order chi connectivity index (χ0) is 10.8. The van der Waals surface area contributed by atoms with Crippen LogP contribution in [0.5, 0.6) is 0 Å². The lowest BCUT2D eigenvalue weighted by Crippen LogP contribution is -2.48. The molecule has 1 aliphatic heterocycles. The average Bonchev–Trinajstić information content (AvgIpc) is 2.18. The van der Waals surface area contributed by atoms with Crippen molar-refractivity contribution in [1.29, 1.82) is 0 Å². The lowest BCUT2D eigenvalue weighted by molar-refractivity contribution is -0.134. The van der Waals surface area contributed by atoms with E-state index in [-0.39, 0.29) is 18.0 Å². The van der Waals surface area contributed by atoms with Crippen molar-refractivity contribution < 1.29 is 9.18 Å². The first-order chi connectivity index (χ1) is 6.48. The smallest absolute Gasteiger partial charge is 0.239 e. The summed E-state index contributed by atoms with van der Waals surface area (Å²) in [5.41, 5.74) is 5.27. The van der Waals surface area contributed by atoms with Crippen molar-refractivity contribution in [3.8, 4) is 0 Å². The molecule has 1 rings (SSSR count). The highest BCUT2D eigenvalue weighted by Crippen LogP contribution is 2.31. The van der Waals surface area contributed by atoms with Crippen LogP contribution in [0.4, 0.5) is 4.39 Å². The van der Waals surface area contributed by atoms with Crippen molar-refractivity contribution in [3.63, 3.8) is 0 Å². The van der Waals surface area contributed by atoms with Crippen molar-refractivity contribution in [2.24, 2.45) is 11.1 Å². The van der Waals surface area contributed by atoms with Gasteiger partial charge >= 0.3 is 0 Å². The van der Waals surface area contributed by atoms with Gasteiger partial charge in [0.05, 0.1) is 12.7 Å². The molecule has 0 aromatic carbocycles. The number of carbonyl (C=O) groups excluding carboxylic acids is 1. The second-order valence-corrected chi connectivity index (χ2v) is 4.56. The molecule has 4 heteroatoms. The summed E-state index contributed by atoms with van der Waals surface area (Å²) in [6.45, 7) is 4.60. The summed E-state index contributed by atoms with van der Waals surface area (Å²) in [6, 6.07) is -0.440. The fourth-order valence-electron chi connectivity index (χ4n) is 1.69. The van der Waals surface area contributed by atoms with E-state index in [1.165, 1.54) is 0 Å². The molecule has 1 saturated heterocycles. The minimum atomic E-state index is -0.440. The molecule has 1 amide bonds. The van der Waals surface area contributed by atoms with Crippen LogP contribution in [-0.4, -0.2) is 36.6 Å². The van der Waals surface area contributed by atoms with E-state index in [1.54, 1.807) is 11.8 Å². The van der Waals surface area contributed by atoms with Crippen LogP contribution in [0.3, 0.4) is 0 Å². The molecular formula is C10H19FN2O. The number of nitrogens with zero attached hydrogens (tertiary/aromatic N) is 1. The molecular weight excluding hydrogens is 183 g/mol. The van der Waals surface area contributed by atoms with Gasteiger partial charge < -0.3 is 10.6 Å². The fraction of sp³-hybridized carbons (Fsp3) is 0.900. The molecule has 0 aromatic heterocycles. The van der Waals surface area contributed by atoms with E-state index < -0.39 is 6.04 Å². The van der Waals surface area contributed by atoms with Crippen LogP contribution in [0.1, 0.15) is 26.7 Å². The summed E-state index contributed by atoms with van der Waals surface area (Å²) in [4.78, 5) is 13.2. The quantitative estimate of drug-likeness (QED) is 0.724. The molecule has 0 saturated carbocycles. The number of halogens is 1. The molecule has 0 unspecified atom stereocenters. The molecule has 0 radical (unpaired) electrons. The molecule has 14 heavy (non-hydrogen) atoms. The van der Waals surface area contributed by atoms with Crippen molar-refractivity contribution in [2.75, 3.05) is 19.8 Å². The molecule has 1 atom stereocenters. The van der Waals surface area contributed by atoms with Crippen molar-refractivity contribution in [2.45, 2.75) is 32.7 Å². The highest BCUT2D eigenvalue weighted by Gasteiger charge is 2.32. The number of hydrogen-bond donors (Lipinski definition) is 1. The van der Waals surface area contributed by atoms with Crippen LogP contribution >= 0.6 is 0 Å². The van der Waals surface area contributed by atoms with Crippen LogP contribution < -0.4 is 5.73 Å². The van der Waals surface area contributed by atoms with Gasteiger partial charge in [-0.15, -0.1) is 0 Å². The molecule has 0 spiro atoms. The molecule has 1 fully saturated rings. The Morgan fingerprint density at radius 1 is 1.57 bits per heavy atom. The van der Waals surface area contributed by atoms with Gasteiger partial charge in [0.25, 0.3) is 0 Å². The van der Waals surface area contributed by atoms with Crippen molar-refractivity contribution in [1.82, 2.24) is 4.90 Å². The Hall–Kier alpha value is -0.640. The molecule has 0 bridgehead atoms. The Labute approximate surface area is 84.4 Å². The van der Waals surface area contributed by atoms with Gasteiger partial charge in [0.1, 0.15) is 0 Å². The maximum absolute atomic E-state index is 12.6. The Kier molecular flexibility index (Phi) is 3.48. The number of likely N-dealkylation sites (tertiary alicyclic amines) is 1. The summed E-state index contributed by atoms with van der Waals surface area (Å²) in [5.74, 6) is -0.0223. The lowest BCUT2D eigenvalue weighted by atomic mass is 9.81. The molecule has 2 N–H and O–H groups in total. The number of rotatable bonds is 2. The predicted octanol–water partition coefficient (Wildman–Crippen LogP) is 0.932. The summed E-state index contributed by atoms with van der Waals surface area (Å²) in [6.07, 6.45) is 1.48. The first kappa shape index (κ1) is 11.4. The normalized spacial score (nSPS) is 23.3. The van der Waals surface area contributed by atoms with Crippen molar-refractivity contribution >= 4 is 5.91 Å². The third-order valence-corrected chi connectivity index (χ3v) is 2.99. The van der Waals surface area contributed by atoms with Crippen LogP contribution in [0.15, 0.2) is 0 Å². The SMILES string of the molecule is C[C@@H](N)C(=O)N1CCC(C)(CF)CC1. The zero-order valence-corrected chi connectivity index (χ0v) is 8.92. The van der Waals surface area contributed by atoms with E-state index in [9.17, 15) is 9.18 Å². The average molecular weight is 202 g/mol. The minimum Gasteiger partial charge on any atom is -0.341 e. The highest BCUT2D eigenvalue weighted by molar-refractivity contribution is 5.81. The largest absolute Gasteiger partial charge is 0.341 e. The molecule has 1 aliphatic rings. The first-order valence-electron chi connectivity index (χ1n) is 5.09. The van der Waals surface area contributed by atoms with E-state index in [0.717, 1.165) is 12.8 Å². The third-order valence-electron chi connectivity index (χ3n) is 2.99. The Morgan fingerprint density at radius 3 is 2.43 bits per heavy atom. The van der Waals surface area contributed by atoms with E-state index in [2.05, 4.69) is 0 Å². The monoisotopic (exact) mass is 202 g/mol. The standard InChI is InChI=1S/C10H19FN2O/c1-8(12)9(14)13-5-3-10(2,7-11)4-6-13/h8H,3-7,12H2,1-2H3/t8-/m1/s1. The number of nitrogens with two attached hydrogens (primary N) is 1. The molecule has 82 valence electrons. The van der Waals surface area contributed by atoms with Gasteiger partial charge in [-0.25, -0.2) is 0 Å².